The van der Waals surface area contributed by atoms with Crippen LogP contribution in [0.2, 0.25) is 0 Å². The molecule has 0 spiro atoms. The van der Waals surface area contributed by atoms with Gasteiger partial charge in [-0.15, -0.1) is 0 Å². The molecule has 0 fully saturated rings. The number of esters is 1. The molecular weight excluding hydrogens is 304 g/mol. The molecule has 1 heterocycles. The van der Waals surface area contributed by atoms with Crippen LogP contribution < -0.4 is 0 Å². The number of benzene rings is 1. The number of ketones is 1. The first-order valence-corrected chi connectivity index (χ1v) is 8.12. The van der Waals surface area contributed by atoms with Crippen molar-refractivity contribution in [1.29, 1.82) is 0 Å². The summed E-state index contributed by atoms with van der Waals surface area (Å²) >= 11 is 0. The van der Waals surface area contributed by atoms with E-state index in [0.717, 1.165) is 16.9 Å². The van der Waals surface area contributed by atoms with Crippen molar-refractivity contribution in [3.8, 4) is 0 Å². The van der Waals surface area contributed by atoms with Crippen LogP contribution in [0.3, 0.4) is 0 Å². The first-order chi connectivity index (χ1) is 11.3. The van der Waals surface area contributed by atoms with E-state index in [1.54, 1.807) is 13.0 Å². The van der Waals surface area contributed by atoms with Gasteiger partial charge in [-0.3, -0.25) is 9.59 Å². The standard InChI is InChI=1S/C20H24O4/c1-5-16-7-9-17(10-8-16)12-13-20(4,15(3)21)19(22)24-18-11-6-14(2)23-18/h5-10,18H,1,11-13H2,2-4H3. The summed E-state index contributed by atoms with van der Waals surface area (Å²) < 4.78 is 10.8. The van der Waals surface area contributed by atoms with Crippen LogP contribution in [0.25, 0.3) is 6.08 Å². The van der Waals surface area contributed by atoms with Gasteiger partial charge in [0.25, 0.3) is 0 Å². The number of ether oxygens (including phenoxy) is 2. The molecule has 0 saturated heterocycles. The molecule has 4 heteroatoms. The summed E-state index contributed by atoms with van der Waals surface area (Å²) in [6.45, 7) is 8.61. The topological polar surface area (TPSA) is 52.6 Å². The zero-order chi connectivity index (χ0) is 17.7. The molecule has 1 aliphatic heterocycles. The fourth-order valence-corrected chi connectivity index (χ4v) is 2.52. The van der Waals surface area contributed by atoms with Gasteiger partial charge in [0.1, 0.15) is 11.2 Å². The molecule has 0 bridgehead atoms. The molecule has 1 aliphatic rings. The maximum Gasteiger partial charge on any atom is 0.322 e. The minimum atomic E-state index is -1.17. The fourth-order valence-electron chi connectivity index (χ4n) is 2.52. The van der Waals surface area contributed by atoms with Crippen LogP contribution in [-0.4, -0.2) is 18.0 Å². The summed E-state index contributed by atoms with van der Waals surface area (Å²) in [4.78, 5) is 24.6. The van der Waals surface area contributed by atoms with Crippen molar-refractivity contribution in [3.63, 3.8) is 0 Å². The predicted molar refractivity (Wildman–Crippen MR) is 93.0 cm³/mol. The molecule has 24 heavy (non-hydrogen) atoms. The number of carbonyl (C=O) groups excluding carboxylic acids is 2. The van der Waals surface area contributed by atoms with Crippen molar-refractivity contribution in [2.45, 2.75) is 46.3 Å². The molecular formula is C20H24O4. The van der Waals surface area contributed by atoms with Crippen molar-refractivity contribution in [1.82, 2.24) is 0 Å². The van der Waals surface area contributed by atoms with Gasteiger partial charge in [-0.2, -0.15) is 0 Å². The van der Waals surface area contributed by atoms with Gasteiger partial charge in [0, 0.05) is 6.42 Å². The zero-order valence-corrected chi connectivity index (χ0v) is 14.5. The van der Waals surface area contributed by atoms with Gasteiger partial charge in [-0.05, 0) is 50.8 Å². The third-order valence-corrected chi connectivity index (χ3v) is 4.51. The Morgan fingerprint density at radius 3 is 2.54 bits per heavy atom. The van der Waals surface area contributed by atoms with E-state index < -0.39 is 17.7 Å². The normalized spacial score (nSPS) is 19.0. The lowest BCUT2D eigenvalue weighted by atomic mass is 9.80. The Labute approximate surface area is 143 Å². The molecule has 2 atom stereocenters. The second kappa shape index (κ2) is 7.47. The molecule has 0 radical (unpaired) electrons. The summed E-state index contributed by atoms with van der Waals surface area (Å²) in [6.07, 6.45) is 4.55. The van der Waals surface area contributed by atoms with Crippen molar-refractivity contribution in [2.24, 2.45) is 5.41 Å². The Kier molecular flexibility index (Phi) is 5.60. The smallest absolute Gasteiger partial charge is 0.322 e. The van der Waals surface area contributed by atoms with Crippen LogP contribution in [0, 0.1) is 5.41 Å². The molecule has 0 aromatic heterocycles. The van der Waals surface area contributed by atoms with Gasteiger partial charge in [0.2, 0.25) is 6.29 Å². The van der Waals surface area contributed by atoms with Crippen LogP contribution in [-0.2, 0) is 25.5 Å². The van der Waals surface area contributed by atoms with Crippen LogP contribution in [0.4, 0.5) is 0 Å². The summed E-state index contributed by atoms with van der Waals surface area (Å²) in [6, 6.07) is 7.89. The maximum atomic E-state index is 12.5. The van der Waals surface area contributed by atoms with E-state index in [4.69, 9.17) is 9.47 Å². The molecule has 0 N–H and O–H groups in total. The Balaban J connectivity index is 2.01. The first-order valence-electron chi connectivity index (χ1n) is 8.12. The number of hydrogen-bond acceptors (Lipinski definition) is 4. The number of Topliss-reactive ketones (excluding diaryl/α,β-unsaturated/α-hetero) is 1. The molecule has 0 amide bonds. The number of aryl methyl sites for hydroxylation is 1. The highest BCUT2D eigenvalue weighted by Crippen LogP contribution is 2.29. The third-order valence-electron chi connectivity index (χ3n) is 4.51. The van der Waals surface area contributed by atoms with Crippen molar-refractivity contribution >= 4 is 17.8 Å². The SMILES string of the molecule is C=Cc1ccc(CCC(C)(C(C)=O)C(=O)OC2CC=C(C)O2)cc1. The summed E-state index contributed by atoms with van der Waals surface area (Å²) in [5.41, 5.74) is 0.931. The van der Waals surface area contributed by atoms with E-state index in [1.165, 1.54) is 6.92 Å². The summed E-state index contributed by atoms with van der Waals surface area (Å²) in [7, 11) is 0. The van der Waals surface area contributed by atoms with Gasteiger partial charge in [0.05, 0.1) is 5.76 Å². The number of hydrogen-bond donors (Lipinski definition) is 0. The molecule has 2 unspecified atom stereocenters. The molecule has 4 nitrogen and oxygen atoms in total. The second-order valence-corrected chi connectivity index (χ2v) is 6.34. The van der Waals surface area contributed by atoms with Crippen molar-refractivity contribution in [3.05, 3.63) is 53.8 Å². The monoisotopic (exact) mass is 328 g/mol. The largest absolute Gasteiger partial charge is 0.459 e. The average molecular weight is 328 g/mol. The van der Waals surface area contributed by atoms with E-state index in [-0.39, 0.29) is 5.78 Å². The number of carbonyl (C=O) groups is 2. The quantitative estimate of drug-likeness (QED) is 0.560. The molecule has 2 rings (SSSR count). The maximum absolute atomic E-state index is 12.5. The highest BCUT2D eigenvalue weighted by atomic mass is 16.7. The second-order valence-electron chi connectivity index (χ2n) is 6.34. The van der Waals surface area contributed by atoms with Crippen LogP contribution in [0.5, 0.6) is 0 Å². The van der Waals surface area contributed by atoms with E-state index >= 15 is 0 Å². The summed E-state index contributed by atoms with van der Waals surface area (Å²) in [5, 5.41) is 0. The Hall–Kier alpha value is -2.36. The van der Waals surface area contributed by atoms with Gasteiger partial charge in [0.15, 0.2) is 0 Å². The van der Waals surface area contributed by atoms with Crippen molar-refractivity contribution < 1.29 is 19.1 Å². The fraction of sp³-hybridized carbons (Fsp3) is 0.400. The van der Waals surface area contributed by atoms with Crippen LogP contribution in [0.15, 0.2) is 42.7 Å². The first kappa shape index (κ1) is 18.0. The van der Waals surface area contributed by atoms with Gasteiger partial charge in [-0.1, -0.05) is 36.9 Å². The zero-order valence-electron chi connectivity index (χ0n) is 14.5. The van der Waals surface area contributed by atoms with E-state index in [0.29, 0.717) is 19.3 Å². The lowest BCUT2D eigenvalue weighted by Crippen LogP contribution is -2.39. The summed E-state index contributed by atoms with van der Waals surface area (Å²) in [5.74, 6) is 0.0170. The lowest BCUT2D eigenvalue weighted by Gasteiger charge is -2.26. The van der Waals surface area contributed by atoms with E-state index in [2.05, 4.69) is 6.58 Å². The van der Waals surface area contributed by atoms with Gasteiger partial charge >= 0.3 is 5.97 Å². The van der Waals surface area contributed by atoms with Crippen LogP contribution in [0.1, 0.15) is 44.7 Å². The minimum Gasteiger partial charge on any atom is -0.459 e. The average Bonchev–Trinajstić information content (AvgIpc) is 2.97. The molecule has 128 valence electrons. The van der Waals surface area contributed by atoms with E-state index in [9.17, 15) is 9.59 Å². The van der Waals surface area contributed by atoms with Crippen molar-refractivity contribution in [2.75, 3.05) is 0 Å². The number of allylic oxidation sites excluding steroid dienone is 1. The highest BCUT2D eigenvalue weighted by molar-refractivity contribution is 6.02. The molecule has 1 aromatic carbocycles. The Morgan fingerprint density at radius 2 is 2.04 bits per heavy atom. The molecule has 0 saturated carbocycles. The van der Waals surface area contributed by atoms with Crippen LogP contribution >= 0.6 is 0 Å². The predicted octanol–water partition coefficient (Wildman–Crippen LogP) is 4.05. The Morgan fingerprint density at radius 1 is 1.38 bits per heavy atom. The third kappa shape index (κ3) is 4.13. The van der Waals surface area contributed by atoms with Gasteiger partial charge < -0.3 is 9.47 Å². The number of rotatable bonds is 7. The van der Waals surface area contributed by atoms with E-state index in [1.807, 2.05) is 37.3 Å². The molecule has 0 aliphatic carbocycles. The molecule has 1 aromatic rings. The van der Waals surface area contributed by atoms with Gasteiger partial charge in [-0.25, -0.2) is 0 Å². The minimum absolute atomic E-state index is 0.196. The highest BCUT2D eigenvalue weighted by Gasteiger charge is 2.41. The lowest BCUT2D eigenvalue weighted by molar-refractivity contribution is -0.180. The Bertz CT molecular complexity index is 657.